The standard InChI is InChI=1S/C26H28N2O6/c1-13-8-14(2)21(15(3)9-13)19-11-17-23(26(31)34-19)22(16-6-7-27-20(29)10-16)24(25(30)33-5)18(28-17)12-32-4/h6-10,19,22,24H,11-12H2,1-5H3,(H,27,29). The minimum absolute atomic E-state index is 0.0819. The maximum Gasteiger partial charge on any atom is 0.337 e. The fraction of sp³-hybridized carbons (Fsp3) is 0.385. The number of H-pyrrole nitrogens is 1. The molecule has 3 unspecified atom stereocenters. The summed E-state index contributed by atoms with van der Waals surface area (Å²) in [7, 11) is 2.80. The molecule has 0 radical (unpaired) electrons. The maximum atomic E-state index is 13.5. The van der Waals surface area contributed by atoms with Crippen LogP contribution < -0.4 is 5.56 Å². The van der Waals surface area contributed by atoms with Crippen molar-refractivity contribution >= 4 is 17.7 Å². The zero-order chi connectivity index (χ0) is 24.6. The van der Waals surface area contributed by atoms with Crippen molar-refractivity contribution in [2.24, 2.45) is 10.9 Å². The Kier molecular flexibility index (Phi) is 6.52. The number of pyridine rings is 1. The van der Waals surface area contributed by atoms with Gasteiger partial charge in [0.2, 0.25) is 5.56 Å². The van der Waals surface area contributed by atoms with Crippen molar-refractivity contribution in [3.63, 3.8) is 0 Å². The van der Waals surface area contributed by atoms with E-state index in [4.69, 9.17) is 19.2 Å². The number of methoxy groups -OCH3 is 2. The molecule has 0 saturated heterocycles. The minimum atomic E-state index is -0.919. The van der Waals surface area contributed by atoms with Gasteiger partial charge in [0.05, 0.1) is 30.7 Å². The Bertz CT molecular complexity index is 1250. The largest absolute Gasteiger partial charge is 0.468 e. The molecule has 0 fully saturated rings. The van der Waals surface area contributed by atoms with Crippen LogP contribution in [0.3, 0.4) is 0 Å². The van der Waals surface area contributed by atoms with Crippen LogP contribution >= 0.6 is 0 Å². The van der Waals surface area contributed by atoms with Crippen LogP contribution in [0.1, 0.15) is 46.3 Å². The van der Waals surface area contributed by atoms with Gasteiger partial charge >= 0.3 is 11.9 Å². The highest BCUT2D eigenvalue weighted by Gasteiger charge is 2.47. The summed E-state index contributed by atoms with van der Waals surface area (Å²) in [6, 6.07) is 7.18. The summed E-state index contributed by atoms with van der Waals surface area (Å²) in [5, 5.41) is 0. The molecule has 0 aliphatic carbocycles. The van der Waals surface area contributed by atoms with Crippen LogP contribution in [0.15, 0.2) is 51.5 Å². The van der Waals surface area contributed by atoms with E-state index in [1.807, 2.05) is 20.8 Å². The highest BCUT2D eigenvalue weighted by molar-refractivity contribution is 6.08. The molecule has 0 saturated carbocycles. The van der Waals surface area contributed by atoms with E-state index in [-0.39, 0.29) is 17.7 Å². The van der Waals surface area contributed by atoms with Gasteiger partial charge in [0.1, 0.15) is 12.0 Å². The van der Waals surface area contributed by atoms with Gasteiger partial charge in [0.15, 0.2) is 0 Å². The van der Waals surface area contributed by atoms with E-state index in [1.54, 1.807) is 6.07 Å². The molecule has 178 valence electrons. The topological polar surface area (TPSA) is 107 Å². The summed E-state index contributed by atoms with van der Waals surface area (Å²) < 4.78 is 16.3. The zero-order valence-corrected chi connectivity index (χ0v) is 19.9. The average molecular weight is 465 g/mol. The number of carbonyl (C=O) groups is 2. The van der Waals surface area contributed by atoms with Crippen LogP contribution in [0.4, 0.5) is 0 Å². The number of hydrogen-bond donors (Lipinski definition) is 1. The normalized spacial score (nSPS) is 22.1. The molecule has 8 nitrogen and oxygen atoms in total. The van der Waals surface area contributed by atoms with E-state index >= 15 is 0 Å². The van der Waals surface area contributed by atoms with Gasteiger partial charge in [0, 0.05) is 31.7 Å². The number of nitrogens with one attached hydrogen (secondary N) is 1. The average Bonchev–Trinajstić information content (AvgIpc) is 2.77. The molecule has 3 heterocycles. The lowest BCUT2D eigenvalue weighted by Crippen LogP contribution is -2.41. The van der Waals surface area contributed by atoms with Crippen LogP contribution in [0.5, 0.6) is 0 Å². The molecular formula is C26H28N2O6. The molecule has 1 aromatic carbocycles. The highest BCUT2D eigenvalue weighted by Crippen LogP contribution is 2.46. The first-order valence-corrected chi connectivity index (χ1v) is 11.1. The van der Waals surface area contributed by atoms with Gasteiger partial charge in [-0.05, 0) is 49.1 Å². The Balaban J connectivity index is 1.88. The predicted octanol–water partition coefficient (Wildman–Crippen LogP) is 3.22. The molecular weight excluding hydrogens is 436 g/mol. The van der Waals surface area contributed by atoms with Crippen LogP contribution in [0.25, 0.3) is 0 Å². The Morgan fingerprint density at radius 3 is 2.47 bits per heavy atom. The number of aliphatic imine (C=N–C) groups is 1. The highest BCUT2D eigenvalue weighted by atomic mass is 16.5. The summed E-state index contributed by atoms with van der Waals surface area (Å²) in [5.41, 5.74) is 5.60. The lowest BCUT2D eigenvalue weighted by molar-refractivity contribution is -0.147. The van der Waals surface area contributed by atoms with Gasteiger partial charge in [-0.3, -0.25) is 14.6 Å². The van der Waals surface area contributed by atoms with E-state index in [0.717, 1.165) is 22.3 Å². The molecule has 34 heavy (non-hydrogen) atoms. The first-order valence-electron chi connectivity index (χ1n) is 11.1. The van der Waals surface area contributed by atoms with Gasteiger partial charge < -0.3 is 19.2 Å². The molecule has 2 aliphatic heterocycles. The molecule has 2 aliphatic rings. The van der Waals surface area contributed by atoms with E-state index in [9.17, 15) is 14.4 Å². The van der Waals surface area contributed by atoms with E-state index in [0.29, 0.717) is 23.4 Å². The van der Waals surface area contributed by atoms with Crippen LogP contribution in [-0.4, -0.2) is 43.5 Å². The number of nitrogens with zero attached hydrogens (tertiary/aromatic N) is 1. The summed E-state index contributed by atoms with van der Waals surface area (Å²) in [5.74, 6) is -2.81. The van der Waals surface area contributed by atoms with Gasteiger partial charge in [-0.1, -0.05) is 17.7 Å². The number of carbonyl (C=O) groups excluding carboxylic acids is 2. The lowest BCUT2D eigenvalue weighted by atomic mass is 9.74. The Morgan fingerprint density at radius 2 is 1.85 bits per heavy atom. The monoisotopic (exact) mass is 464 g/mol. The van der Waals surface area contributed by atoms with Crippen molar-refractivity contribution in [2.45, 2.75) is 39.2 Å². The molecule has 0 spiro atoms. The number of esters is 2. The van der Waals surface area contributed by atoms with Crippen molar-refractivity contribution in [3.05, 3.63) is 79.9 Å². The minimum Gasteiger partial charge on any atom is -0.468 e. The number of aromatic nitrogens is 1. The van der Waals surface area contributed by atoms with Crippen molar-refractivity contribution < 1.29 is 23.8 Å². The van der Waals surface area contributed by atoms with E-state index in [2.05, 4.69) is 17.1 Å². The molecule has 1 aromatic heterocycles. The molecule has 0 amide bonds. The Morgan fingerprint density at radius 1 is 1.15 bits per heavy atom. The fourth-order valence-corrected chi connectivity index (χ4v) is 5.19. The van der Waals surface area contributed by atoms with Gasteiger partial charge in [-0.25, -0.2) is 4.79 Å². The first kappa shape index (κ1) is 23.6. The van der Waals surface area contributed by atoms with E-state index in [1.165, 1.54) is 26.5 Å². The van der Waals surface area contributed by atoms with Crippen LogP contribution in [0.2, 0.25) is 0 Å². The molecule has 3 atom stereocenters. The van der Waals surface area contributed by atoms with Crippen molar-refractivity contribution in [1.29, 1.82) is 0 Å². The zero-order valence-electron chi connectivity index (χ0n) is 19.9. The third-order valence-corrected chi connectivity index (χ3v) is 6.41. The SMILES string of the molecule is COCC1=NC2=C(C(=O)OC(c3c(C)cc(C)cc3C)C2)C(c2cc[nH]c(=O)c2)C1C(=O)OC. The van der Waals surface area contributed by atoms with E-state index < -0.39 is 29.9 Å². The van der Waals surface area contributed by atoms with Crippen LogP contribution in [0, 0.1) is 26.7 Å². The van der Waals surface area contributed by atoms with Gasteiger partial charge in [0.25, 0.3) is 0 Å². The first-order chi connectivity index (χ1) is 16.2. The number of hydrogen-bond acceptors (Lipinski definition) is 7. The quantitative estimate of drug-likeness (QED) is 0.681. The number of rotatable bonds is 5. The lowest BCUT2D eigenvalue weighted by Gasteiger charge is -2.37. The Labute approximate surface area is 197 Å². The number of benzene rings is 1. The molecule has 2 aromatic rings. The van der Waals surface area contributed by atoms with Crippen molar-refractivity contribution in [2.75, 3.05) is 20.8 Å². The number of ether oxygens (including phenoxy) is 3. The second-order valence-corrected chi connectivity index (χ2v) is 8.77. The van der Waals surface area contributed by atoms with Gasteiger partial charge in [-0.15, -0.1) is 0 Å². The second-order valence-electron chi connectivity index (χ2n) is 8.77. The number of cyclic esters (lactones) is 1. The maximum absolute atomic E-state index is 13.5. The number of aromatic amines is 1. The third kappa shape index (κ3) is 4.21. The molecule has 8 heteroatoms. The molecule has 4 rings (SSSR count). The van der Waals surface area contributed by atoms with Crippen molar-refractivity contribution in [3.8, 4) is 0 Å². The Hall–Kier alpha value is -3.52. The summed E-state index contributed by atoms with van der Waals surface area (Å²) in [6.07, 6.45) is 1.34. The fourth-order valence-electron chi connectivity index (χ4n) is 5.19. The van der Waals surface area contributed by atoms with Crippen LogP contribution in [-0.2, 0) is 23.8 Å². The summed E-state index contributed by atoms with van der Waals surface area (Å²) >= 11 is 0. The smallest absolute Gasteiger partial charge is 0.337 e. The van der Waals surface area contributed by atoms with Crippen molar-refractivity contribution in [1.82, 2.24) is 4.98 Å². The summed E-state index contributed by atoms with van der Waals surface area (Å²) in [4.78, 5) is 45.8. The summed E-state index contributed by atoms with van der Waals surface area (Å²) in [6.45, 7) is 6.11. The van der Waals surface area contributed by atoms with Gasteiger partial charge in [-0.2, -0.15) is 0 Å². The molecule has 1 N–H and O–H groups in total. The molecule has 0 bridgehead atoms. The predicted molar refractivity (Wildman–Crippen MR) is 126 cm³/mol. The third-order valence-electron chi connectivity index (χ3n) is 6.41. The second kappa shape index (κ2) is 9.38. The number of aryl methyl sites for hydroxylation is 3.